The summed E-state index contributed by atoms with van der Waals surface area (Å²) in [5.74, 6) is 1.44. The number of ether oxygens (including phenoxy) is 1. The second-order valence-electron chi connectivity index (χ2n) is 6.50. The molecule has 0 radical (unpaired) electrons. The molecule has 1 aromatic carbocycles. The number of anilines is 1. The number of carbonyl (C=O) groups is 1. The fraction of sp³-hybridized carbons (Fsp3) is 0.579. The summed E-state index contributed by atoms with van der Waals surface area (Å²) >= 11 is 5.84. The van der Waals surface area contributed by atoms with E-state index in [9.17, 15) is 4.79 Å². The van der Waals surface area contributed by atoms with Crippen molar-refractivity contribution in [3.8, 4) is 0 Å². The normalized spacial score (nSPS) is 16.6. The van der Waals surface area contributed by atoms with Gasteiger partial charge in [0.1, 0.15) is 0 Å². The molecule has 152 valence electrons. The van der Waals surface area contributed by atoms with Gasteiger partial charge < -0.3 is 20.3 Å². The molecule has 1 aromatic rings. The maximum atomic E-state index is 12.0. The third-order valence-corrected chi connectivity index (χ3v) is 4.46. The van der Waals surface area contributed by atoms with Gasteiger partial charge in [0.2, 0.25) is 5.91 Å². The van der Waals surface area contributed by atoms with Gasteiger partial charge in [-0.3, -0.25) is 9.79 Å². The summed E-state index contributed by atoms with van der Waals surface area (Å²) in [6.07, 6.45) is 2.25. The zero-order valence-corrected chi connectivity index (χ0v) is 19.1. The molecule has 6 nitrogen and oxygen atoms in total. The lowest BCUT2D eigenvalue weighted by atomic mass is 10.1. The molecule has 1 amide bonds. The van der Waals surface area contributed by atoms with Gasteiger partial charge >= 0.3 is 0 Å². The average Bonchev–Trinajstić information content (AvgIpc) is 3.12. The average molecular weight is 509 g/mol. The van der Waals surface area contributed by atoms with Gasteiger partial charge in [0, 0.05) is 56.3 Å². The highest BCUT2D eigenvalue weighted by molar-refractivity contribution is 14.0. The van der Waals surface area contributed by atoms with Crippen molar-refractivity contribution >= 4 is 53.1 Å². The van der Waals surface area contributed by atoms with Gasteiger partial charge in [-0.2, -0.15) is 0 Å². The third-order valence-electron chi connectivity index (χ3n) is 4.20. The van der Waals surface area contributed by atoms with Crippen LogP contribution in [0, 0.1) is 5.92 Å². The zero-order valence-electron chi connectivity index (χ0n) is 16.0. The van der Waals surface area contributed by atoms with Crippen LogP contribution in [-0.2, 0) is 9.53 Å². The van der Waals surface area contributed by atoms with Crippen molar-refractivity contribution < 1.29 is 9.53 Å². The number of guanidine groups is 1. The summed E-state index contributed by atoms with van der Waals surface area (Å²) in [4.78, 5) is 18.8. The molecule has 1 aliphatic heterocycles. The number of nitrogens with one attached hydrogen (secondary N) is 2. The molecule has 8 heteroatoms. The molecule has 0 bridgehead atoms. The van der Waals surface area contributed by atoms with Gasteiger partial charge in [-0.05, 0) is 44.0 Å². The van der Waals surface area contributed by atoms with E-state index in [4.69, 9.17) is 16.3 Å². The molecule has 0 saturated carbocycles. The van der Waals surface area contributed by atoms with Crippen LogP contribution in [0.1, 0.15) is 26.2 Å². The van der Waals surface area contributed by atoms with Gasteiger partial charge in [0.15, 0.2) is 5.96 Å². The standard InChI is InChI=1S/C19H29ClN4O2.HI/c1-3-21-19(24(2)13-15-10-12-26-14-15)22-11-4-5-18(25)23-17-8-6-16(20)7-9-17;/h6-9,15H,3-5,10-14H2,1-2H3,(H,21,22)(H,23,25);1H. The molecule has 2 N–H and O–H groups in total. The van der Waals surface area contributed by atoms with E-state index in [2.05, 4.69) is 27.4 Å². The molecular formula is C19H30ClIN4O2. The highest BCUT2D eigenvalue weighted by Crippen LogP contribution is 2.14. The number of nitrogens with zero attached hydrogens (tertiary/aromatic N) is 2. The molecule has 0 spiro atoms. The van der Waals surface area contributed by atoms with E-state index < -0.39 is 0 Å². The van der Waals surface area contributed by atoms with Crippen LogP contribution in [0.15, 0.2) is 29.3 Å². The first kappa shape index (κ1) is 24.0. The van der Waals surface area contributed by atoms with Gasteiger partial charge in [-0.25, -0.2) is 0 Å². The maximum Gasteiger partial charge on any atom is 0.224 e. The summed E-state index contributed by atoms with van der Waals surface area (Å²) in [6.45, 7) is 6.11. The first-order valence-corrected chi connectivity index (χ1v) is 9.59. The first-order valence-electron chi connectivity index (χ1n) is 9.21. The highest BCUT2D eigenvalue weighted by atomic mass is 127. The molecule has 1 aliphatic rings. The number of aliphatic imine (C=N–C) groups is 1. The van der Waals surface area contributed by atoms with Gasteiger partial charge in [-0.15, -0.1) is 24.0 Å². The first-order chi connectivity index (χ1) is 12.6. The van der Waals surface area contributed by atoms with Crippen LogP contribution in [0.25, 0.3) is 0 Å². The number of halogens is 2. The van der Waals surface area contributed by atoms with Crippen molar-refractivity contribution in [1.29, 1.82) is 0 Å². The number of hydrogen-bond acceptors (Lipinski definition) is 3. The Labute approximate surface area is 184 Å². The van der Waals surface area contributed by atoms with E-state index in [1.165, 1.54) is 0 Å². The number of benzene rings is 1. The Morgan fingerprint density at radius 2 is 2.11 bits per heavy atom. The predicted molar refractivity (Wildman–Crippen MR) is 122 cm³/mol. The molecule has 1 saturated heterocycles. The minimum Gasteiger partial charge on any atom is -0.381 e. The van der Waals surface area contributed by atoms with Crippen LogP contribution in [0.4, 0.5) is 5.69 Å². The quantitative estimate of drug-likeness (QED) is 0.244. The number of amides is 1. The molecule has 0 aliphatic carbocycles. The van der Waals surface area contributed by atoms with Crippen molar-refractivity contribution in [2.45, 2.75) is 26.2 Å². The van der Waals surface area contributed by atoms with Crippen molar-refractivity contribution in [3.05, 3.63) is 29.3 Å². The fourth-order valence-corrected chi connectivity index (χ4v) is 2.98. The molecule has 1 fully saturated rings. The minimum absolute atomic E-state index is 0. The van der Waals surface area contributed by atoms with Crippen molar-refractivity contribution in [1.82, 2.24) is 10.2 Å². The molecule has 0 aromatic heterocycles. The van der Waals surface area contributed by atoms with Crippen molar-refractivity contribution in [2.24, 2.45) is 10.9 Å². The van der Waals surface area contributed by atoms with Crippen LogP contribution in [0.2, 0.25) is 5.02 Å². The molecular weight excluding hydrogens is 479 g/mol. The Morgan fingerprint density at radius 3 is 2.74 bits per heavy atom. The smallest absolute Gasteiger partial charge is 0.224 e. The van der Waals surface area contributed by atoms with E-state index in [1.54, 1.807) is 24.3 Å². The van der Waals surface area contributed by atoms with Crippen molar-refractivity contribution in [2.75, 3.05) is 45.2 Å². The zero-order chi connectivity index (χ0) is 18.8. The van der Waals surface area contributed by atoms with Gasteiger partial charge in [-0.1, -0.05) is 11.6 Å². The Bertz CT molecular complexity index is 592. The summed E-state index contributed by atoms with van der Waals surface area (Å²) < 4.78 is 5.44. The Balaban J connectivity index is 0.00000364. The Hall–Kier alpha value is -1.06. The fourth-order valence-electron chi connectivity index (χ4n) is 2.85. The summed E-state index contributed by atoms with van der Waals surface area (Å²) in [5, 5.41) is 6.83. The lowest BCUT2D eigenvalue weighted by molar-refractivity contribution is -0.116. The molecule has 1 unspecified atom stereocenters. The van der Waals surface area contributed by atoms with Crippen LogP contribution in [-0.4, -0.2) is 56.7 Å². The maximum absolute atomic E-state index is 12.0. The van der Waals surface area contributed by atoms with E-state index in [-0.39, 0.29) is 29.9 Å². The number of carbonyl (C=O) groups excluding carboxylic acids is 1. The predicted octanol–water partition coefficient (Wildman–Crippen LogP) is 3.61. The lowest BCUT2D eigenvalue weighted by Crippen LogP contribution is -2.41. The molecule has 1 atom stereocenters. The summed E-state index contributed by atoms with van der Waals surface area (Å²) in [5.41, 5.74) is 0.759. The largest absolute Gasteiger partial charge is 0.381 e. The van der Waals surface area contributed by atoms with Gasteiger partial charge in [0.05, 0.1) is 6.61 Å². The van der Waals surface area contributed by atoms with Crippen LogP contribution in [0.3, 0.4) is 0 Å². The van der Waals surface area contributed by atoms with E-state index in [1.807, 2.05) is 7.05 Å². The number of rotatable bonds is 8. The van der Waals surface area contributed by atoms with Crippen LogP contribution in [0.5, 0.6) is 0 Å². The molecule has 2 rings (SSSR count). The van der Waals surface area contributed by atoms with Gasteiger partial charge in [0.25, 0.3) is 0 Å². The van der Waals surface area contributed by atoms with E-state index in [0.717, 1.165) is 44.4 Å². The second-order valence-corrected chi connectivity index (χ2v) is 6.94. The molecule has 1 heterocycles. The van der Waals surface area contributed by atoms with Crippen molar-refractivity contribution in [3.63, 3.8) is 0 Å². The Kier molecular flexibility index (Phi) is 11.7. The minimum atomic E-state index is -0.0102. The molecule has 27 heavy (non-hydrogen) atoms. The monoisotopic (exact) mass is 508 g/mol. The second kappa shape index (κ2) is 13.2. The highest BCUT2D eigenvalue weighted by Gasteiger charge is 2.18. The number of hydrogen-bond donors (Lipinski definition) is 2. The summed E-state index contributed by atoms with van der Waals surface area (Å²) in [6, 6.07) is 7.11. The third kappa shape index (κ3) is 9.12. The lowest BCUT2D eigenvalue weighted by Gasteiger charge is -2.24. The van der Waals surface area contributed by atoms with E-state index >= 15 is 0 Å². The SMILES string of the molecule is CCNC(=NCCCC(=O)Nc1ccc(Cl)cc1)N(C)CC1CCOC1.I. The van der Waals surface area contributed by atoms with E-state index in [0.29, 0.717) is 30.3 Å². The topological polar surface area (TPSA) is 66.0 Å². The van der Waals surface area contributed by atoms with Crippen LogP contribution < -0.4 is 10.6 Å². The Morgan fingerprint density at radius 1 is 1.37 bits per heavy atom. The van der Waals surface area contributed by atoms with Crippen LogP contribution >= 0.6 is 35.6 Å². The summed E-state index contributed by atoms with van der Waals surface area (Å²) in [7, 11) is 2.05.